The average molecular weight is 365 g/mol. The summed E-state index contributed by atoms with van der Waals surface area (Å²) in [6.07, 6.45) is 2.92. The van der Waals surface area contributed by atoms with Gasteiger partial charge in [-0.3, -0.25) is 14.5 Å². The summed E-state index contributed by atoms with van der Waals surface area (Å²) in [6, 6.07) is 3.58. The van der Waals surface area contributed by atoms with E-state index in [0.717, 1.165) is 0 Å². The number of rotatable bonds is 6. The van der Waals surface area contributed by atoms with Crippen LogP contribution in [-0.4, -0.2) is 77.7 Å². The minimum Gasteiger partial charge on any atom is -0.480 e. The molecule has 1 atom stereocenters. The van der Waals surface area contributed by atoms with Gasteiger partial charge < -0.3 is 19.2 Å². The summed E-state index contributed by atoms with van der Waals surface area (Å²) in [5, 5.41) is 9.49. The van der Waals surface area contributed by atoms with Gasteiger partial charge in [0.2, 0.25) is 0 Å². The van der Waals surface area contributed by atoms with E-state index >= 15 is 0 Å². The maximum Gasteiger partial charge on any atom is 0.317 e. The summed E-state index contributed by atoms with van der Waals surface area (Å²) in [6.45, 7) is 1.76. The number of aromatic nitrogens is 1. The molecule has 0 saturated carbocycles. The Morgan fingerprint density at radius 1 is 1.52 bits per heavy atom. The third kappa shape index (κ3) is 4.44. The van der Waals surface area contributed by atoms with E-state index in [9.17, 15) is 9.59 Å². The molecule has 3 heterocycles. The number of hydrogen-bond acceptors (Lipinski definition) is 7. The van der Waals surface area contributed by atoms with Gasteiger partial charge in [0.05, 0.1) is 31.7 Å². The van der Waals surface area contributed by atoms with Crippen LogP contribution < -0.4 is 0 Å². The zero-order chi connectivity index (χ0) is 17.8. The van der Waals surface area contributed by atoms with E-state index in [1.807, 2.05) is 0 Å². The highest BCUT2D eigenvalue weighted by atomic mass is 32.1. The van der Waals surface area contributed by atoms with Crippen molar-refractivity contribution in [2.24, 2.45) is 0 Å². The molecule has 1 aliphatic rings. The van der Waals surface area contributed by atoms with Crippen LogP contribution in [0.1, 0.15) is 9.67 Å². The molecular formula is C16H19N3O5S. The molecular weight excluding hydrogens is 346 g/mol. The van der Waals surface area contributed by atoms with E-state index in [1.54, 1.807) is 41.4 Å². The van der Waals surface area contributed by atoms with Gasteiger partial charge in [0.1, 0.15) is 4.88 Å². The van der Waals surface area contributed by atoms with Crippen LogP contribution in [0.4, 0.5) is 0 Å². The van der Waals surface area contributed by atoms with Crippen molar-refractivity contribution in [3.8, 4) is 10.8 Å². The summed E-state index contributed by atoms with van der Waals surface area (Å²) < 4.78 is 11.0. The number of amides is 1. The van der Waals surface area contributed by atoms with Gasteiger partial charge in [-0.25, -0.2) is 4.98 Å². The third-order valence-corrected chi connectivity index (χ3v) is 4.79. The van der Waals surface area contributed by atoms with Crippen molar-refractivity contribution in [3.63, 3.8) is 0 Å². The second-order valence-electron chi connectivity index (χ2n) is 5.84. The van der Waals surface area contributed by atoms with Crippen molar-refractivity contribution in [2.45, 2.75) is 6.10 Å². The largest absolute Gasteiger partial charge is 0.480 e. The number of nitrogens with zero attached hydrogens (tertiary/aromatic N) is 3. The fraction of sp³-hybridized carbons (Fsp3) is 0.438. The van der Waals surface area contributed by atoms with Crippen molar-refractivity contribution >= 4 is 23.2 Å². The number of furan rings is 1. The number of ether oxygens (including phenoxy) is 1. The van der Waals surface area contributed by atoms with Crippen molar-refractivity contribution in [3.05, 3.63) is 29.5 Å². The van der Waals surface area contributed by atoms with E-state index < -0.39 is 5.97 Å². The lowest BCUT2D eigenvalue weighted by Gasteiger charge is -2.34. The van der Waals surface area contributed by atoms with Gasteiger partial charge in [-0.2, -0.15) is 0 Å². The minimum absolute atomic E-state index is 0.0604. The number of carboxylic acid groups (broad SMARTS) is 1. The molecule has 1 amide bonds. The molecule has 2 aromatic rings. The summed E-state index contributed by atoms with van der Waals surface area (Å²) in [7, 11) is 1.72. The summed E-state index contributed by atoms with van der Waals surface area (Å²) >= 11 is 1.29. The van der Waals surface area contributed by atoms with Crippen LogP contribution in [0.25, 0.3) is 10.8 Å². The lowest BCUT2D eigenvalue weighted by atomic mass is 10.2. The summed E-state index contributed by atoms with van der Waals surface area (Å²) in [5.74, 6) is -0.343. The lowest BCUT2D eigenvalue weighted by molar-refractivity contribution is -0.138. The van der Waals surface area contributed by atoms with E-state index in [-0.39, 0.29) is 18.6 Å². The molecule has 25 heavy (non-hydrogen) atoms. The highest BCUT2D eigenvalue weighted by molar-refractivity contribution is 7.16. The average Bonchev–Trinajstić information content (AvgIpc) is 3.24. The molecule has 1 saturated heterocycles. The monoisotopic (exact) mass is 365 g/mol. The molecule has 0 aromatic carbocycles. The Labute approximate surface area is 148 Å². The quantitative estimate of drug-likeness (QED) is 0.823. The molecule has 0 bridgehead atoms. The number of carboxylic acids is 1. The number of thiazole rings is 1. The molecule has 134 valence electrons. The Morgan fingerprint density at radius 2 is 2.36 bits per heavy atom. The first-order valence-electron chi connectivity index (χ1n) is 7.84. The zero-order valence-corrected chi connectivity index (χ0v) is 14.6. The van der Waals surface area contributed by atoms with Crippen LogP contribution in [0.15, 0.2) is 29.0 Å². The van der Waals surface area contributed by atoms with Crippen LogP contribution in [-0.2, 0) is 9.53 Å². The molecule has 0 aliphatic carbocycles. The van der Waals surface area contributed by atoms with Gasteiger partial charge in [-0.15, -0.1) is 11.3 Å². The van der Waals surface area contributed by atoms with Gasteiger partial charge in [0.15, 0.2) is 10.8 Å². The Balaban J connectivity index is 1.61. The predicted molar refractivity (Wildman–Crippen MR) is 90.6 cm³/mol. The van der Waals surface area contributed by atoms with Crippen LogP contribution in [0.5, 0.6) is 0 Å². The van der Waals surface area contributed by atoms with Gasteiger partial charge in [-0.1, -0.05) is 0 Å². The Bertz CT molecular complexity index is 730. The molecule has 0 spiro atoms. The predicted octanol–water partition coefficient (Wildman–Crippen LogP) is 1.26. The smallest absolute Gasteiger partial charge is 0.317 e. The molecule has 0 radical (unpaired) electrons. The van der Waals surface area contributed by atoms with Crippen LogP contribution in [0.3, 0.4) is 0 Å². The zero-order valence-electron chi connectivity index (χ0n) is 13.8. The summed E-state index contributed by atoms with van der Waals surface area (Å²) in [4.78, 5) is 31.6. The van der Waals surface area contributed by atoms with Crippen molar-refractivity contribution in [1.29, 1.82) is 0 Å². The normalized spacial score (nSPS) is 17.8. The Morgan fingerprint density at radius 3 is 3.08 bits per heavy atom. The van der Waals surface area contributed by atoms with Crippen molar-refractivity contribution < 1.29 is 23.8 Å². The Hall–Kier alpha value is -2.23. The van der Waals surface area contributed by atoms with Crippen LogP contribution in [0, 0.1) is 0 Å². The second-order valence-corrected chi connectivity index (χ2v) is 6.87. The SMILES string of the molecule is CN(CC(=O)O)CC1CN(C(=O)c2cnc(-c3ccco3)s2)CCO1. The number of aliphatic carboxylic acids is 1. The molecule has 1 N–H and O–H groups in total. The number of likely N-dealkylation sites (N-methyl/N-ethyl adjacent to an activating group) is 1. The number of morpholine rings is 1. The minimum atomic E-state index is -0.888. The molecule has 8 nitrogen and oxygen atoms in total. The lowest BCUT2D eigenvalue weighted by Crippen LogP contribution is -2.49. The summed E-state index contributed by atoms with van der Waals surface area (Å²) in [5.41, 5.74) is 0. The van der Waals surface area contributed by atoms with E-state index in [2.05, 4.69) is 4.98 Å². The standard InChI is InChI=1S/C16H19N3O5S/c1-18(10-14(20)21)8-11-9-19(4-6-23-11)16(22)13-7-17-15(25-13)12-3-2-5-24-12/h2-3,5,7,11H,4,6,8-10H2,1H3,(H,20,21). The topological polar surface area (TPSA) is 96.1 Å². The molecule has 3 rings (SSSR count). The van der Waals surface area contributed by atoms with E-state index in [4.69, 9.17) is 14.3 Å². The maximum atomic E-state index is 12.7. The Kier molecular flexibility index (Phi) is 5.47. The molecule has 1 unspecified atom stereocenters. The first-order valence-corrected chi connectivity index (χ1v) is 8.65. The van der Waals surface area contributed by atoms with Crippen molar-refractivity contribution in [1.82, 2.24) is 14.8 Å². The first kappa shape index (κ1) is 17.6. The first-order chi connectivity index (χ1) is 12.0. The highest BCUT2D eigenvalue weighted by Crippen LogP contribution is 2.26. The number of hydrogen-bond donors (Lipinski definition) is 1. The fourth-order valence-electron chi connectivity index (χ4n) is 2.70. The number of carbonyl (C=O) groups is 2. The molecule has 1 fully saturated rings. The maximum absolute atomic E-state index is 12.7. The van der Waals surface area contributed by atoms with Gasteiger partial charge >= 0.3 is 5.97 Å². The highest BCUT2D eigenvalue weighted by Gasteiger charge is 2.27. The van der Waals surface area contributed by atoms with Gasteiger partial charge in [-0.05, 0) is 19.2 Å². The van der Waals surface area contributed by atoms with E-state index in [0.29, 0.717) is 41.9 Å². The van der Waals surface area contributed by atoms with Gasteiger partial charge in [0, 0.05) is 19.6 Å². The van der Waals surface area contributed by atoms with E-state index in [1.165, 1.54) is 11.3 Å². The number of carbonyl (C=O) groups excluding carboxylic acids is 1. The fourth-order valence-corrected chi connectivity index (χ4v) is 3.55. The second kappa shape index (κ2) is 7.77. The molecule has 1 aliphatic heterocycles. The van der Waals surface area contributed by atoms with Crippen LogP contribution >= 0.6 is 11.3 Å². The van der Waals surface area contributed by atoms with Gasteiger partial charge in [0.25, 0.3) is 5.91 Å². The molecule has 2 aromatic heterocycles. The molecule has 9 heteroatoms. The van der Waals surface area contributed by atoms with Crippen LogP contribution in [0.2, 0.25) is 0 Å². The van der Waals surface area contributed by atoms with Crippen molar-refractivity contribution in [2.75, 3.05) is 39.8 Å². The third-order valence-electron chi connectivity index (χ3n) is 3.79.